The van der Waals surface area contributed by atoms with Crippen LogP contribution in [-0.2, 0) is 29.2 Å². The molecule has 4 aromatic heterocycles. The molecular weight excluding hydrogens is 853 g/mol. The van der Waals surface area contributed by atoms with Crippen molar-refractivity contribution in [2.24, 2.45) is 0 Å². The first-order valence-corrected chi connectivity index (χ1v) is 21.3. The van der Waals surface area contributed by atoms with Crippen LogP contribution in [0, 0.1) is 0 Å². The summed E-state index contributed by atoms with van der Waals surface area (Å²) >= 11 is 0. The van der Waals surface area contributed by atoms with Gasteiger partial charge in [0.2, 0.25) is 0 Å². The maximum absolute atomic E-state index is 10.6. The highest BCUT2D eigenvalue weighted by Gasteiger charge is 2.64. The van der Waals surface area contributed by atoms with Crippen molar-refractivity contribution in [3.63, 3.8) is 0 Å². The minimum absolute atomic E-state index is 0.212. The average molecular weight is 905 g/mol. The van der Waals surface area contributed by atoms with Gasteiger partial charge in [-0.1, -0.05) is 72.8 Å². The first kappa shape index (κ1) is 45.0. The second kappa shape index (κ2) is 17.5. The molecule has 0 radical (unpaired) electrons. The lowest BCUT2D eigenvalue weighted by Gasteiger charge is -2.37. The standard InChI is InChI=1S/C34H35N5O6.C12H17N5O4/c1-21(40)27-28-33(2,45-32(42-4)44-28)31(43-27)39-20-37-26-29(35-19-36-30(26)39)38-34(22-11-7-5-8-12-22,23-13-9-6-10-14-23)24-15-17-25(41-3)18-16-24;1-5(18)7-8(19)12(2,20)11(21-7)17-4-16-6-9(13)14-3-15-10(6)17/h5-21,27-28,31-32,40H,1-4H3,(H,35,36,38);3-5,7-8,11,18-20H,1-2H3,(H2,13,14,15)/t21?,27-,28-,31-,32?,33-;5-,7?,8+,11+,12+/m10/s1. The first-order chi connectivity index (χ1) is 31.7. The lowest BCUT2D eigenvalue weighted by atomic mass is 9.77. The summed E-state index contributed by atoms with van der Waals surface area (Å²) in [5, 5.41) is 44.7. The van der Waals surface area contributed by atoms with Crippen molar-refractivity contribution in [3.8, 4) is 5.75 Å². The summed E-state index contributed by atoms with van der Waals surface area (Å²) in [6.07, 6.45) is -0.980. The number of nitrogens with two attached hydrogens (primary N) is 1. The molecule has 3 aliphatic heterocycles. The van der Waals surface area contributed by atoms with Crippen molar-refractivity contribution in [1.82, 2.24) is 39.0 Å². The number of nitrogen functional groups attached to an aromatic ring is 1. The smallest absolute Gasteiger partial charge is 0.272 e. The lowest BCUT2D eigenvalue weighted by Crippen LogP contribution is -2.45. The number of nitrogens with one attached hydrogen (secondary N) is 1. The number of benzene rings is 3. The molecular formula is C46H52N10O10. The quantitative estimate of drug-likeness (QED) is 0.102. The highest BCUT2D eigenvalue weighted by atomic mass is 16.9. The van der Waals surface area contributed by atoms with Crippen molar-refractivity contribution >= 4 is 34.0 Å². The van der Waals surface area contributed by atoms with Crippen LogP contribution in [0.25, 0.3) is 22.3 Å². The molecule has 0 spiro atoms. The molecule has 3 aromatic carbocycles. The van der Waals surface area contributed by atoms with Crippen LogP contribution in [0.5, 0.6) is 5.75 Å². The number of aromatic nitrogens is 8. The number of aliphatic hydroxyl groups excluding tert-OH is 3. The normalized spacial score (nSPS) is 28.2. The minimum atomic E-state index is -1.62. The molecule has 66 heavy (non-hydrogen) atoms. The fourth-order valence-electron chi connectivity index (χ4n) is 9.16. The van der Waals surface area contributed by atoms with Gasteiger partial charge in [-0.15, -0.1) is 0 Å². The molecule has 0 bridgehead atoms. The summed E-state index contributed by atoms with van der Waals surface area (Å²) < 4.78 is 38.3. The highest BCUT2D eigenvalue weighted by molar-refractivity contribution is 5.84. The zero-order valence-corrected chi connectivity index (χ0v) is 37.0. The molecule has 7 aromatic rings. The Balaban J connectivity index is 0.000000218. The van der Waals surface area contributed by atoms with E-state index in [1.807, 2.05) is 55.5 Å². The Morgan fingerprint density at radius 1 is 0.712 bits per heavy atom. The SMILES string of the molecule is COc1ccc(C(Nc2ncnc3c2ncn3[C@@H]2O[C@H](C(C)O)[C@H]3OC(OC)O[C@]32C)(c2ccccc2)c2ccccc2)cc1.C[C@H](O)C1O[C@@H](n2cnc3c(N)ncnc32)[C@](C)(O)[C@@H]1O. The lowest BCUT2D eigenvalue weighted by molar-refractivity contribution is -0.271. The maximum Gasteiger partial charge on any atom is 0.272 e. The average Bonchev–Trinajstić information content (AvgIpc) is 4.13. The van der Waals surface area contributed by atoms with Gasteiger partial charge >= 0.3 is 0 Å². The van der Waals surface area contributed by atoms with Crippen LogP contribution in [0.15, 0.2) is 110 Å². The van der Waals surface area contributed by atoms with Crippen LogP contribution < -0.4 is 15.8 Å². The Hall–Kier alpha value is -6.20. The van der Waals surface area contributed by atoms with Crippen LogP contribution >= 0.6 is 0 Å². The summed E-state index contributed by atoms with van der Waals surface area (Å²) in [7, 11) is 3.16. The summed E-state index contributed by atoms with van der Waals surface area (Å²) in [5.41, 5.74) is 7.05. The Kier molecular flexibility index (Phi) is 12.0. The second-order valence-electron chi connectivity index (χ2n) is 16.9. The first-order valence-electron chi connectivity index (χ1n) is 21.3. The van der Waals surface area contributed by atoms with Crippen LogP contribution in [-0.4, -0.2) is 128 Å². The van der Waals surface area contributed by atoms with Gasteiger partial charge in [0.15, 0.2) is 40.9 Å². The molecule has 7 heterocycles. The Morgan fingerprint density at radius 3 is 1.83 bits per heavy atom. The molecule has 11 atom stereocenters. The third-order valence-corrected chi connectivity index (χ3v) is 12.6. The third kappa shape index (κ3) is 7.49. The predicted octanol–water partition coefficient (Wildman–Crippen LogP) is 3.42. The summed E-state index contributed by atoms with van der Waals surface area (Å²) in [6, 6.07) is 28.4. The van der Waals surface area contributed by atoms with Crippen molar-refractivity contribution in [2.45, 2.75) is 100.0 Å². The fraction of sp³-hybridized carbons (Fsp3) is 0.391. The van der Waals surface area contributed by atoms with E-state index < -0.39 is 72.3 Å². The zero-order chi connectivity index (χ0) is 46.5. The van der Waals surface area contributed by atoms with E-state index in [2.05, 4.69) is 61.7 Å². The number of nitrogens with zero attached hydrogens (tertiary/aromatic N) is 8. The summed E-state index contributed by atoms with van der Waals surface area (Å²) in [6.45, 7) is 5.57. The number of ether oxygens (including phenoxy) is 6. The Bertz CT molecular complexity index is 2740. The molecule has 20 nitrogen and oxygen atoms in total. The van der Waals surface area contributed by atoms with Crippen molar-refractivity contribution in [1.29, 1.82) is 0 Å². The predicted molar refractivity (Wildman–Crippen MR) is 237 cm³/mol. The van der Waals surface area contributed by atoms with Gasteiger partial charge in [0.25, 0.3) is 6.48 Å². The van der Waals surface area contributed by atoms with Crippen LogP contribution in [0.4, 0.5) is 11.6 Å². The molecule has 346 valence electrons. The van der Waals surface area contributed by atoms with Crippen LogP contribution in [0.1, 0.15) is 56.8 Å². The molecule has 3 fully saturated rings. The number of imidazole rings is 2. The molecule has 7 N–H and O–H groups in total. The topological polar surface area (TPSA) is 262 Å². The van der Waals surface area contributed by atoms with E-state index in [-0.39, 0.29) is 5.82 Å². The van der Waals surface area contributed by atoms with E-state index in [1.165, 1.54) is 44.5 Å². The van der Waals surface area contributed by atoms with Gasteiger partial charge in [-0.2, -0.15) is 0 Å². The number of anilines is 2. The van der Waals surface area contributed by atoms with Gasteiger partial charge in [-0.05, 0) is 56.5 Å². The molecule has 3 unspecified atom stereocenters. The molecule has 3 saturated heterocycles. The molecule has 0 saturated carbocycles. The molecule has 20 heteroatoms. The van der Waals surface area contributed by atoms with Crippen molar-refractivity contribution in [2.75, 3.05) is 25.3 Å². The summed E-state index contributed by atoms with van der Waals surface area (Å²) in [4.78, 5) is 26.2. The second-order valence-corrected chi connectivity index (χ2v) is 16.9. The van der Waals surface area contributed by atoms with E-state index in [0.29, 0.717) is 28.1 Å². The fourth-order valence-corrected chi connectivity index (χ4v) is 9.16. The van der Waals surface area contributed by atoms with Gasteiger partial charge in [0.1, 0.15) is 65.1 Å². The van der Waals surface area contributed by atoms with Gasteiger partial charge < -0.3 is 59.9 Å². The van der Waals surface area contributed by atoms with E-state index in [4.69, 9.17) is 44.1 Å². The van der Waals surface area contributed by atoms with Crippen molar-refractivity contribution in [3.05, 3.63) is 127 Å². The van der Waals surface area contributed by atoms with Gasteiger partial charge in [0, 0.05) is 7.11 Å². The van der Waals surface area contributed by atoms with Crippen LogP contribution in [0.3, 0.4) is 0 Å². The van der Waals surface area contributed by atoms with E-state index in [0.717, 1.165) is 22.4 Å². The van der Waals surface area contributed by atoms with E-state index in [9.17, 15) is 20.4 Å². The molecule has 3 aliphatic rings. The van der Waals surface area contributed by atoms with Gasteiger partial charge in [-0.3, -0.25) is 9.13 Å². The molecule has 10 rings (SSSR count). The summed E-state index contributed by atoms with van der Waals surface area (Å²) in [5.74, 6) is 1.49. The number of methoxy groups -OCH3 is 2. The van der Waals surface area contributed by atoms with Gasteiger partial charge in [0.05, 0.1) is 32.0 Å². The zero-order valence-electron chi connectivity index (χ0n) is 37.0. The number of fused-ring (bicyclic) bond motifs is 3. The van der Waals surface area contributed by atoms with Gasteiger partial charge in [-0.25, -0.2) is 29.9 Å². The number of aliphatic hydroxyl groups is 4. The maximum atomic E-state index is 10.6. The largest absolute Gasteiger partial charge is 0.497 e. The highest BCUT2D eigenvalue weighted by Crippen LogP contribution is 2.50. The minimum Gasteiger partial charge on any atom is -0.497 e. The molecule has 0 amide bonds. The monoisotopic (exact) mass is 904 g/mol. The number of hydrogen-bond donors (Lipinski definition) is 6. The number of hydrogen-bond acceptors (Lipinski definition) is 18. The third-order valence-electron chi connectivity index (χ3n) is 12.6. The van der Waals surface area contributed by atoms with E-state index >= 15 is 0 Å². The Morgan fingerprint density at radius 2 is 1.26 bits per heavy atom. The number of rotatable bonds is 11. The van der Waals surface area contributed by atoms with E-state index in [1.54, 1.807) is 24.9 Å². The Labute approximate surface area is 378 Å². The van der Waals surface area contributed by atoms with Crippen LogP contribution in [0.2, 0.25) is 0 Å². The molecule has 0 aliphatic carbocycles. The van der Waals surface area contributed by atoms with Crippen molar-refractivity contribution < 1.29 is 48.8 Å².